The van der Waals surface area contributed by atoms with Crippen LogP contribution in [-0.2, 0) is 13.8 Å². The number of hydrogen-bond acceptors (Lipinski definition) is 3. The van der Waals surface area contributed by atoms with Crippen LogP contribution in [-0.4, -0.2) is 37.6 Å². The molecule has 1 rings (SSSR count). The molecule has 0 aromatic heterocycles. The van der Waals surface area contributed by atoms with Crippen LogP contribution in [0.2, 0.25) is 0 Å². The Morgan fingerprint density at radius 2 is 1.50 bits per heavy atom. The molecule has 1 aliphatic heterocycles. The van der Waals surface area contributed by atoms with Crippen LogP contribution >= 0.6 is 10.7 Å². The van der Waals surface area contributed by atoms with Gasteiger partial charge in [-0.05, 0) is 6.42 Å². The smallest absolute Gasteiger partial charge is 0.237 e. The van der Waals surface area contributed by atoms with Crippen LogP contribution in [0.15, 0.2) is 0 Å². The number of likely N-dealkylation sites (tertiary alicyclic amines) is 1. The molecule has 0 aromatic carbocycles. The number of hydrogen-bond donors (Lipinski definition) is 0. The van der Waals surface area contributed by atoms with Crippen molar-refractivity contribution in [2.75, 3.05) is 13.1 Å². The number of carbonyl (C=O) groups is 1. The first-order valence-electron chi connectivity index (χ1n) is 8.66. The number of rotatable bonds is 12. The number of halogens is 1. The van der Waals surface area contributed by atoms with Crippen LogP contribution in [0.25, 0.3) is 0 Å². The van der Waals surface area contributed by atoms with Gasteiger partial charge in [0.05, 0.1) is 0 Å². The first kappa shape index (κ1) is 19.8. The maximum atomic E-state index is 11.7. The van der Waals surface area contributed by atoms with E-state index in [-0.39, 0.29) is 18.9 Å². The Kier molecular flexibility index (Phi) is 9.41. The highest BCUT2D eigenvalue weighted by atomic mass is 35.7. The first-order chi connectivity index (χ1) is 10.4. The molecule has 0 N–H and O–H groups in total. The largest absolute Gasteiger partial charge is 0.341 e. The van der Waals surface area contributed by atoms with Crippen molar-refractivity contribution in [3.8, 4) is 0 Å². The fraction of sp³-hybridized carbons (Fsp3) is 0.938. The Labute approximate surface area is 140 Å². The monoisotopic (exact) mass is 351 g/mol. The van der Waals surface area contributed by atoms with Crippen molar-refractivity contribution in [3.05, 3.63) is 0 Å². The quantitative estimate of drug-likeness (QED) is 0.393. The van der Waals surface area contributed by atoms with E-state index < -0.39 is 14.3 Å². The van der Waals surface area contributed by atoms with Crippen molar-refractivity contribution in [1.29, 1.82) is 0 Å². The molecule has 0 bridgehead atoms. The Balaban J connectivity index is 2.00. The maximum absolute atomic E-state index is 11.7. The van der Waals surface area contributed by atoms with E-state index in [9.17, 15) is 13.2 Å². The molecule has 1 unspecified atom stereocenters. The summed E-state index contributed by atoms with van der Waals surface area (Å²) < 4.78 is 22.5. The van der Waals surface area contributed by atoms with Crippen LogP contribution in [0.5, 0.6) is 0 Å². The molecule has 22 heavy (non-hydrogen) atoms. The third-order valence-corrected chi connectivity index (χ3v) is 6.23. The summed E-state index contributed by atoms with van der Waals surface area (Å²) in [5.41, 5.74) is 0. The van der Waals surface area contributed by atoms with E-state index >= 15 is 0 Å². The van der Waals surface area contributed by atoms with E-state index in [2.05, 4.69) is 6.92 Å². The summed E-state index contributed by atoms with van der Waals surface area (Å²) in [5, 5.41) is -0.718. The zero-order valence-electron chi connectivity index (χ0n) is 13.7. The third kappa shape index (κ3) is 7.82. The molecule has 1 heterocycles. The second kappa shape index (κ2) is 10.5. The average Bonchev–Trinajstić information content (AvgIpc) is 2.82. The fourth-order valence-corrected chi connectivity index (χ4v) is 3.99. The van der Waals surface area contributed by atoms with Gasteiger partial charge >= 0.3 is 0 Å². The summed E-state index contributed by atoms with van der Waals surface area (Å²) in [4.78, 5) is 13.4. The number of amides is 1. The lowest BCUT2D eigenvalue weighted by atomic mass is 10.1. The van der Waals surface area contributed by atoms with Crippen LogP contribution in [0, 0.1) is 0 Å². The molecular formula is C16H30ClNO3S. The highest BCUT2D eigenvalue weighted by Crippen LogP contribution is 2.21. The fourth-order valence-electron chi connectivity index (χ4n) is 2.93. The van der Waals surface area contributed by atoms with Gasteiger partial charge in [0.25, 0.3) is 0 Å². The molecule has 1 atom stereocenters. The molecule has 0 aromatic rings. The van der Waals surface area contributed by atoms with Crippen molar-refractivity contribution in [1.82, 2.24) is 4.90 Å². The van der Waals surface area contributed by atoms with Gasteiger partial charge in [0, 0.05) is 30.2 Å². The highest BCUT2D eigenvalue weighted by molar-refractivity contribution is 8.14. The number of unbranched alkanes of at least 4 members (excludes halogenated alkanes) is 9. The molecule has 1 saturated heterocycles. The first-order valence-corrected chi connectivity index (χ1v) is 11.0. The molecule has 130 valence electrons. The summed E-state index contributed by atoms with van der Waals surface area (Å²) >= 11 is 0. The predicted molar refractivity (Wildman–Crippen MR) is 91.6 cm³/mol. The van der Waals surface area contributed by atoms with Crippen molar-refractivity contribution >= 4 is 25.6 Å². The number of nitrogens with zero attached hydrogens (tertiary/aromatic N) is 1. The standard InChI is InChI=1S/C16H30ClNO3S/c1-2-3-4-5-6-7-8-9-10-11-12-18-14-15(13-16(18)19)22(17,20)21/h15H,2-14H2,1H3. The van der Waals surface area contributed by atoms with Gasteiger partial charge in [0.1, 0.15) is 5.25 Å². The van der Waals surface area contributed by atoms with E-state index in [1.807, 2.05) is 0 Å². The van der Waals surface area contributed by atoms with Gasteiger partial charge in [0.15, 0.2) is 0 Å². The Bertz CT molecular complexity index is 425. The minimum Gasteiger partial charge on any atom is -0.341 e. The number of carbonyl (C=O) groups excluding carboxylic acids is 1. The molecule has 0 spiro atoms. The van der Waals surface area contributed by atoms with Gasteiger partial charge in [-0.2, -0.15) is 0 Å². The summed E-state index contributed by atoms with van der Waals surface area (Å²) in [7, 11) is 1.72. The summed E-state index contributed by atoms with van der Waals surface area (Å²) in [6.45, 7) is 3.16. The molecule has 1 amide bonds. The second-order valence-electron chi connectivity index (χ2n) is 6.32. The third-order valence-electron chi connectivity index (χ3n) is 4.36. The minimum atomic E-state index is -3.61. The topological polar surface area (TPSA) is 54.5 Å². The lowest BCUT2D eigenvalue weighted by Gasteiger charge is -2.15. The van der Waals surface area contributed by atoms with Gasteiger partial charge in [-0.15, -0.1) is 0 Å². The van der Waals surface area contributed by atoms with Crippen molar-refractivity contribution in [2.24, 2.45) is 0 Å². The average molecular weight is 352 g/mol. The molecule has 0 aliphatic carbocycles. The Hall–Kier alpha value is -0.290. The molecule has 1 fully saturated rings. The van der Waals surface area contributed by atoms with Crippen LogP contribution < -0.4 is 0 Å². The Morgan fingerprint density at radius 3 is 1.95 bits per heavy atom. The van der Waals surface area contributed by atoms with Crippen LogP contribution in [0.4, 0.5) is 0 Å². The van der Waals surface area contributed by atoms with Crippen LogP contribution in [0.1, 0.15) is 77.6 Å². The van der Waals surface area contributed by atoms with Crippen molar-refractivity contribution in [2.45, 2.75) is 82.8 Å². The molecular weight excluding hydrogens is 322 g/mol. The second-order valence-corrected chi connectivity index (χ2v) is 9.23. The molecule has 0 radical (unpaired) electrons. The predicted octanol–water partition coefficient (Wildman–Crippen LogP) is 4.08. The highest BCUT2D eigenvalue weighted by Gasteiger charge is 2.36. The molecule has 6 heteroatoms. The van der Waals surface area contributed by atoms with E-state index in [0.29, 0.717) is 6.54 Å². The SMILES string of the molecule is CCCCCCCCCCCCN1CC(S(=O)(=O)Cl)CC1=O. The summed E-state index contributed by atoms with van der Waals surface area (Å²) in [5.74, 6) is -0.0786. The molecule has 0 saturated carbocycles. The Morgan fingerprint density at radius 1 is 1.00 bits per heavy atom. The van der Waals surface area contributed by atoms with Gasteiger partial charge in [-0.3, -0.25) is 4.79 Å². The van der Waals surface area contributed by atoms with E-state index in [1.165, 1.54) is 51.4 Å². The molecule has 1 aliphatic rings. The van der Waals surface area contributed by atoms with E-state index in [1.54, 1.807) is 4.90 Å². The van der Waals surface area contributed by atoms with Gasteiger partial charge in [0.2, 0.25) is 15.0 Å². The lowest BCUT2D eigenvalue weighted by molar-refractivity contribution is -0.127. The van der Waals surface area contributed by atoms with Crippen LogP contribution in [0.3, 0.4) is 0 Å². The zero-order chi connectivity index (χ0) is 16.4. The maximum Gasteiger partial charge on any atom is 0.237 e. The zero-order valence-corrected chi connectivity index (χ0v) is 15.3. The normalized spacial score (nSPS) is 19.1. The summed E-state index contributed by atoms with van der Waals surface area (Å²) in [6, 6.07) is 0. The summed E-state index contributed by atoms with van der Waals surface area (Å²) in [6.07, 6.45) is 12.6. The lowest BCUT2D eigenvalue weighted by Crippen LogP contribution is -2.28. The van der Waals surface area contributed by atoms with Gasteiger partial charge < -0.3 is 4.90 Å². The molecule has 4 nitrogen and oxygen atoms in total. The van der Waals surface area contributed by atoms with Crippen molar-refractivity contribution in [3.63, 3.8) is 0 Å². The van der Waals surface area contributed by atoms with E-state index in [0.717, 1.165) is 12.8 Å². The minimum absolute atomic E-state index is 0.0452. The van der Waals surface area contributed by atoms with Gasteiger partial charge in [-0.25, -0.2) is 8.42 Å². The van der Waals surface area contributed by atoms with E-state index in [4.69, 9.17) is 10.7 Å². The van der Waals surface area contributed by atoms with Gasteiger partial charge in [-0.1, -0.05) is 64.7 Å². The van der Waals surface area contributed by atoms with Crippen molar-refractivity contribution < 1.29 is 13.2 Å².